The molecule has 25 heavy (non-hydrogen) atoms. The van der Waals surface area contributed by atoms with Crippen LogP contribution in [0, 0.1) is 5.92 Å². The van der Waals surface area contributed by atoms with Crippen molar-refractivity contribution in [3.05, 3.63) is 40.2 Å². The molecule has 134 valence electrons. The van der Waals surface area contributed by atoms with Gasteiger partial charge in [-0.3, -0.25) is 9.59 Å². The second-order valence-electron chi connectivity index (χ2n) is 6.59. The van der Waals surface area contributed by atoms with Crippen LogP contribution in [0.3, 0.4) is 0 Å². The van der Waals surface area contributed by atoms with Crippen molar-refractivity contribution >= 4 is 23.2 Å². The van der Waals surface area contributed by atoms with E-state index in [4.69, 9.17) is 4.42 Å². The summed E-state index contributed by atoms with van der Waals surface area (Å²) < 4.78 is 5.19. The number of amides is 2. The van der Waals surface area contributed by atoms with Gasteiger partial charge in [-0.05, 0) is 25.0 Å². The van der Waals surface area contributed by atoms with Crippen molar-refractivity contribution in [3.8, 4) is 0 Å². The van der Waals surface area contributed by atoms with Gasteiger partial charge < -0.3 is 14.6 Å². The van der Waals surface area contributed by atoms with E-state index in [-0.39, 0.29) is 17.7 Å². The van der Waals surface area contributed by atoms with Crippen LogP contribution in [-0.4, -0.2) is 34.8 Å². The number of hydrogen-bond donors (Lipinski definition) is 1. The highest BCUT2D eigenvalue weighted by Gasteiger charge is 2.27. The molecule has 0 saturated carbocycles. The fourth-order valence-electron chi connectivity index (χ4n) is 2.86. The van der Waals surface area contributed by atoms with E-state index < -0.39 is 0 Å². The van der Waals surface area contributed by atoms with E-state index in [2.05, 4.69) is 10.3 Å². The number of hydrogen-bond acceptors (Lipinski definition) is 5. The lowest BCUT2D eigenvalue weighted by atomic mass is 9.97. The molecule has 0 aliphatic carbocycles. The van der Waals surface area contributed by atoms with Crippen molar-refractivity contribution < 1.29 is 14.0 Å². The number of likely N-dealkylation sites (tertiary alicyclic amines) is 1. The fourth-order valence-corrected chi connectivity index (χ4v) is 3.85. The number of carbonyl (C=O) groups excluding carboxylic acids is 2. The standard InChI is InChI=1S/C18H23N3O3S/c1-12(2)16(22)19-10-14-11-25-17(20-14)13-5-7-21(8-6-13)18(23)15-4-3-9-24-15/h3-4,9,11-13H,5-8,10H2,1-2H3,(H,19,22). The van der Waals surface area contributed by atoms with Gasteiger partial charge in [0.15, 0.2) is 5.76 Å². The Bertz CT molecular complexity index is 716. The quantitative estimate of drug-likeness (QED) is 0.888. The smallest absolute Gasteiger partial charge is 0.289 e. The summed E-state index contributed by atoms with van der Waals surface area (Å²) in [5, 5.41) is 6.00. The molecule has 7 heteroatoms. The molecule has 0 radical (unpaired) electrons. The molecule has 0 bridgehead atoms. The second kappa shape index (κ2) is 7.82. The van der Waals surface area contributed by atoms with Gasteiger partial charge >= 0.3 is 0 Å². The van der Waals surface area contributed by atoms with E-state index in [0.29, 0.717) is 31.3 Å². The van der Waals surface area contributed by atoms with Crippen LogP contribution in [0.25, 0.3) is 0 Å². The summed E-state index contributed by atoms with van der Waals surface area (Å²) in [4.78, 5) is 30.4. The number of aromatic nitrogens is 1. The van der Waals surface area contributed by atoms with E-state index in [0.717, 1.165) is 23.5 Å². The Morgan fingerprint density at radius 2 is 2.16 bits per heavy atom. The van der Waals surface area contributed by atoms with Gasteiger partial charge in [-0.25, -0.2) is 4.98 Å². The first-order valence-electron chi connectivity index (χ1n) is 8.59. The second-order valence-corrected chi connectivity index (χ2v) is 7.48. The van der Waals surface area contributed by atoms with Crippen molar-refractivity contribution in [2.45, 2.75) is 39.2 Å². The Morgan fingerprint density at radius 3 is 2.80 bits per heavy atom. The van der Waals surface area contributed by atoms with Crippen molar-refractivity contribution in [1.82, 2.24) is 15.2 Å². The van der Waals surface area contributed by atoms with Gasteiger partial charge in [0.25, 0.3) is 5.91 Å². The normalized spacial score (nSPS) is 15.6. The molecule has 0 spiro atoms. The molecule has 1 aliphatic heterocycles. The third-order valence-electron chi connectivity index (χ3n) is 4.40. The van der Waals surface area contributed by atoms with Crippen molar-refractivity contribution in [3.63, 3.8) is 0 Å². The Kier molecular flexibility index (Phi) is 5.53. The van der Waals surface area contributed by atoms with Crippen LogP contribution < -0.4 is 5.32 Å². The third-order valence-corrected chi connectivity index (χ3v) is 5.46. The molecule has 1 saturated heterocycles. The zero-order valence-electron chi connectivity index (χ0n) is 14.5. The molecule has 0 unspecified atom stereocenters. The summed E-state index contributed by atoms with van der Waals surface area (Å²) in [5.41, 5.74) is 0.906. The molecule has 0 atom stereocenters. The predicted molar refractivity (Wildman–Crippen MR) is 95.4 cm³/mol. The monoisotopic (exact) mass is 361 g/mol. The Labute approximate surface area is 151 Å². The van der Waals surface area contributed by atoms with Crippen LogP contribution in [-0.2, 0) is 11.3 Å². The van der Waals surface area contributed by atoms with Crippen molar-refractivity contribution in [1.29, 1.82) is 0 Å². The fraction of sp³-hybridized carbons (Fsp3) is 0.500. The van der Waals surface area contributed by atoms with Gasteiger partial charge in [-0.1, -0.05) is 13.8 Å². The van der Waals surface area contributed by atoms with Crippen molar-refractivity contribution in [2.24, 2.45) is 5.92 Å². The minimum absolute atomic E-state index is 0.0193. The number of nitrogens with one attached hydrogen (secondary N) is 1. The first-order valence-corrected chi connectivity index (χ1v) is 9.47. The molecule has 2 aromatic heterocycles. The molecule has 2 amide bonds. The van der Waals surface area contributed by atoms with Crippen molar-refractivity contribution in [2.75, 3.05) is 13.1 Å². The lowest BCUT2D eigenvalue weighted by Crippen LogP contribution is -2.37. The number of piperidine rings is 1. The van der Waals surface area contributed by atoms with Crippen LogP contribution in [0.15, 0.2) is 28.2 Å². The van der Waals surface area contributed by atoms with E-state index in [9.17, 15) is 9.59 Å². The Hall–Kier alpha value is -2.15. The molecule has 6 nitrogen and oxygen atoms in total. The number of furan rings is 1. The van der Waals surface area contributed by atoms with E-state index in [1.807, 2.05) is 24.1 Å². The molecule has 3 rings (SSSR count). The molecule has 3 heterocycles. The minimum Gasteiger partial charge on any atom is -0.459 e. The molecular formula is C18H23N3O3S. The van der Waals surface area contributed by atoms with E-state index >= 15 is 0 Å². The summed E-state index contributed by atoms with van der Waals surface area (Å²) in [6.07, 6.45) is 3.32. The molecule has 1 aliphatic rings. The zero-order chi connectivity index (χ0) is 17.8. The SMILES string of the molecule is CC(C)C(=O)NCc1csc(C2CCN(C(=O)c3ccco3)CC2)n1. The topological polar surface area (TPSA) is 75.4 Å². The van der Waals surface area contributed by atoms with Gasteiger partial charge in [0, 0.05) is 30.3 Å². The predicted octanol–water partition coefficient (Wildman–Crippen LogP) is 3.03. The maximum Gasteiger partial charge on any atom is 0.289 e. The summed E-state index contributed by atoms with van der Waals surface area (Å²) in [6.45, 7) is 5.65. The summed E-state index contributed by atoms with van der Waals surface area (Å²) >= 11 is 1.64. The zero-order valence-corrected chi connectivity index (χ0v) is 15.3. The van der Waals surface area contributed by atoms with E-state index in [1.165, 1.54) is 6.26 Å². The number of thiazole rings is 1. The van der Waals surface area contributed by atoms with E-state index in [1.54, 1.807) is 23.5 Å². The van der Waals surface area contributed by atoms with Gasteiger partial charge in [0.1, 0.15) is 0 Å². The largest absolute Gasteiger partial charge is 0.459 e. The average Bonchev–Trinajstić information content (AvgIpc) is 3.31. The first-order chi connectivity index (χ1) is 12.0. The average molecular weight is 361 g/mol. The minimum atomic E-state index is -0.0420. The van der Waals surface area contributed by atoms with Gasteiger partial charge in [0.05, 0.1) is 23.5 Å². The highest BCUT2D eigenvalue weighted by Crippen LogP contribution is 2.30. The Balaban J connectivity index is 1.51. The molecular weight excluding hydrogens is 338 g/mol. The summed E-state index contributed by atoms with van der Waals surface area (Å²) in [5.74, 6) is 0.754. The van der Waals surface area contributed by atoms with Crippen LogP contribution in [0.5, 0.6) is 0 Å². The maximum atomic E-state index is 12.3. The van der Waals surface area contributed by atoms with Gasteiger partial charge in [0.2, 0.25) is 5.91 Å². The third kappa shape index (κ3) is 4.28. The summed E-state index contributed by atoms with van der Waals surface area (Å²) in [7, 11) is 0. The molecule has 0 aromatic carbocycles. The highest BCUT2D eigenvalue weighted by molar-refractivity contribution is 7.09. The highest BCUT2D eigenvalue weighted by atomic mass is 32.1. The van der Waals surface area contributed by atoms with Crippen LogP contribution in [0.4, 0.5) is 0 Å². The summed E-state index contributed by atoms with van der Waals surface area (Å²) in [6, 6.07) is 3.43. The first kappa shape index (κ1) is 17.7. The number of nitrogens with zero attached hydrogens (tertiary/aromatic N) is 2. The molecule has 1 N–H and O–H groups in total. The van der Waals surface area contributed by atoms with Gasteiger partial charge in [-0.15, -0.1) is 11.3 Å². The molecule has 1 fully saturated rings. The van der Waals surface area contributed by atoms with Crippen LogP contribution >= 0.6 is 11.3 Å². The van der Waals surface area contributed by atoms with Crippen LogP contribution in [0.1, 0.15) is 53.9 Å². The number of rotatable bonds is 5. The lowest BCUT2D eigenvalue weighted by molar-refractivity contribution is -0.124. The maximum absolute atomic E-state index is 12.3. The Morgan fingerprint density at radius 1 is 1.40 bits per heavy atom. The van der Waals surface area contributed by atoms with Gasteiger partial charge in [-0.2, -0.15) is 0 Å². The number of carbonyl (C=O) groups is 2. The lowest BCUT2D eigenvalue weighted by Gasteiger charge is -2.30. The molecule has 2 aromatic rings. The van der Waals surface area contributed by atoms with Crippen LogP contribution in [0.2, 0.25) is 0 Å².